The minimum atomic E-state index is -0.186. The molecule has 0 spiro atoms. The molecule has 0 saturated carbocycles. The normalized spacial score (nSPS) is 19.1. The summed E-state index contributed by atoms with van der Waals surface area (Å²) in [4.78, 5) is 14.0. The average Bonchev–Trinajstić information content (AvgIpc) is 2.39. The number of carbonyl (C=O) groups is 1. The highest BCUT2D eigenvalue weighted by molar-refractivity contribution is 5.75. The van der Waals surface area contributed by atoms with Gasteiger partial charge < -0.3 is 10.1 Å². The number of piperidine rings is 1. The van der Waals surface area contributed by atoms with Crippen molar-refractivity contribution in [3.8, 4) is 12.3 Å². The molecule has 1 N–H and O–H groups in total. The van der Waals surface area contributed by atoms with Gasteiger partial charge in [0.1, 0.15) is 6.04 Å². The number of nitrogens with zero attached hydrogens (tertiary/aromatic N) is 1. The summed E-state index contributed by atoms with van der Waals surface area (Å²) in [5.41, 5.74) is 0. The number of carbonyl (C=O) groups excluding carboxylic acids is 1. The minimum absolute atomic E-state index is 0.153. The topological polar surface area (TPSA) is 41.6 Å². The van der Waals surface area contributed by atoms with E-state index in [4.69, 9.17) is 11.2 Å². The Balaban J connectivity index is 2.43. The van der Waals surface area contributed by atoms with Gasteiger partial charge in [-0.25, -0.2) is 0 Å². The number of hydrogen-bond acceptors (Lipinski definition) is 4. The van der Waals surface area contributed by atoms with Crippen molar-refractivity contribution in [3.05, 3.63) is 0 Å². The number of terminal acetylenes is 1. The summed E-state index contributed by atoms with van der Waals surface area (Å²) in [6.07, 6.45) is 8.21. The number of methoxy groups -OCH3 is 1. The Hall–Kier alpha value is -1.05. The highest BCUT2D eigenvalue weighted by Crippen LogP contribution is 2.13. The molecular weight excluding hydrogens is 240 g/mol. The molecule has 1 atom stereocenters. The second-order valence-electron chi connectivity index (χ2n) is 5.63. The van der Waals surface area contributed by atoms with Crippen LogP contribution in [-0.2, 0) is 9.53 Å². The highest BCUT2D eigenvalue weighted by Gasteiger charge is 2.26. The van der Waals surface area contributed by atoms with Crippen LogP contribution >= 0.6 is 0 Å². The zero-order valence-corrected chi connectivity index (χ0v) is 12.3. The maximum atomic E-state index is 11.8. The van der Waals surface area contributed by atoms with Crippen molar-refractivity contribution in [2.45, 2.75) is 45.2 Å². The smallest absolute Gasteiger partial charge is 0.322 e. The lowest BCUT2D eigenvalue weighted by Crippen LogP contribution is -2.49. The van der Waals surface area contributed by atoms with E-state index in [1.807, 2.05) is 0 Å². The van der Waals surface area contributed by atoms with E-state index < -0.39 is 0 Å². The standard InChI is InChI=1S/C15H26N2O2/c1-5-8-17-9-6-13(7-10-17)16-14(11-12(2)3)15(18)19-4/h1,12-14,16H,6-11H2,2-4H3. The van der Waals surface area contributed by atoms with Crippen molar-refractivity contribution in [1.29, 1.82) is 0 Å². The van der Waals surface area contributed by atoms with E-state index in [0.29, 0.717) is 12.0 Å². The minimum Gasteiger partial charge on any atom is -0.468 e. The van der Waals surface area contributed by atoms with Crippen molar-refractivity contribution in [1.82, 2.24) is 10.2 Å². The molecule has 4 nitrogen and oxygen atoms in total. The highest BCUT2D eigenvalue weighted by atomic mass is 16.5. The predicted molar refractivity (Wildman–Crippen MR) is 76.7 cm³/mol. The lowest BCUT2D eigenvalue weighted by Gasteiger charge is -2.33. The monoisotopic (exact) mass is 266 g/mol. The first kappa shape index (κ1) is 16.0. The van der Waals surface area contributed by atoms with E-state index in [2.05, 4.69) is 30.0 Å². The Kier molecular flexibility index (Phi) is 6.90. The van der Waals surface area contributed by atoms with Gasteiger partial charge in [-0.1, -0.05) is 19.8 Å². The molecule has 108 valence electrons. The van der Waals surface area contributed by atoms with E-state index in [9.17, 15) is 4.79 Å². The maximum absolute atomic E-state index is 11.8. The first-order valence-electron chi connectivity index (χ1n) is 7.06. The summed E-state index contributed by atoms with van der Waals surface area (Å²) in [5, 5.41) is 3.45. The van der Waals surface area contributed by atoms with Crippen molar-refractivity contribution in [2.75, 3.05) is 26.7 Å². The number of esters is 1. The molecule has 19 heavy (non-hydrogen) atoms. The summed E-state index contributed by atoms with van der Waals surface area (Å²) in [6.45, 7) is 6.95. The predicted octanol–water partition coefficient (Wildman–Crippen LogP) is 1.26. The van der Waals surface area contributed by atoms with Crippen LogP contribution < -0.4 is 5.32 Å². The van der Waals surface area contributed by atoms with Gasteiger partial charge in [0.05, 0.1) is 13.7 Å². The summed E-state index contributed by atoms with van der Waals surface area (Å²) < 4.78 is 4.88. The number of rotatable bonds is 6. The molecule has 0 aromatic carbocycles. The van der Waals surface area contributed by atoms with Crippen LogP contribution in [-0.4, -0.2) is 49.7 Å². The van der Waals surface area contributed by atoms with Gasteiger partial charge in [0.25, 0.3) is 0 Å². The molecule has 0 amide bonds. The van der Waals surface area contributed by atoms with Crippen LogP contribution in [0.2, 0.25) is 0 Å². The average molecular weight is 266 g/mol. The second-order valence-corrected chi connectivity index (χ2v) is 5.63. The Morgan fingerprint density at radius 1 is 1.47 bits per heavy atom. The van der Waals surface area contributed by atoms with Gasteiger partial charge in [-0.2, -0.15) is 0 Å². The largest absolute Gasteiger partial charge is 0.468 e. The zero-order chi connectivity index (χ0) is 14.3. The zero-order valence-electron chi connectivity index (χ0n) is 12.3. The molecule has 1 fully saturated rings. The summed E-state index contributed by atoms with van der Waals surface area (Å²) in [6, 6.07) is 0.200. The molecular formula is C15H26N2O2. The number of hydrogen-bond donors (Lipinski definition) is 1. The van der Waals surface area contributed by atoms with Crippen LogP contribution in [0.15, 0.2) is 0 Å². The van der Waals surface area contributed by atoms with Gasteiger partial charge in [0.2, 0.25) is 0 Å². The van der Waals surface area contributed by atoms with Crippen molar-refractivity contribution >= 4 is 5.97 Å². The van der Waals surface area contributed by atoms with E-state index in [-0.39, 0.29) is 12.0 Å². The van der Waals surface area contributed by atoms with E-state index in [1.165, 1.54) is 7.11 Å². The van der Waals surface area contributed by atoms with E-state index >= 15 is 0 Å². The number of nitrogens with one attached hydrogen (secondary N) is 1. The van der Waals surface area contributed by atoms with Gasteiger partial charge in [-0.3, -0.25) is 9.69 Å². The summed E-state index contributed by atoms with van der Waals surface area (Å²) >= 11 is 0. The lowest BCUT2D eigenvalue weighted by molar-refractivity contribution is -0.143. The molecule has 1 aliphatic rings. The fraction of sp³-hybridized carbons (Fsp3) is 0.800. The molecule has 1 saturated heterocycles. The third-order valence-electron chi connectivity index (χ3n) is 3.53. The number of likely N-dealkylation sites (tertiary alicyclic amines) is 1. The molecule has 0 aromatic heterocycles. The molecule has 1 aliphatic heterocycles. The quantitative estimate of drug-likeness (QED) is 0.580. The van der Waals surface area contributed by atoms with Crippen molar-refractivity contribution in [2.24, 2.45) is 5.92 Å². The van der Waals surface area contributed by atoms with Gasteiger partial charge in [0.15, 0.2) is 0 Å². The van der Waals surface area contributed by atoms with Crippen LogP contribution in [0.4, 0.5) is 0 Å². The van der Waals surface area contributed by atoms with Gasteiger partial charge in [0, 0.05) is 19.1 Å². The van der Waals surface area contributed by atoms with Crippen LogP contribution in [0.3, 0.4) is 0 Å². The Morgan fingerprint density at radius 2 is 2.11 bits per heavy atom. The first-order chi connectivity index (χ1) is 9.06. The van der Waals surface area contributed by atoms with Crippen LogP contribution in [0, 0.1) is 18.3 Å². The fourth-order valence-corrected chi connectivity index (χ4v) is 2.52. The maximum Gasteiger partial charge on any atom is 0.322 e. The number of ether oxygens (including phenoxy) is 1. The molecule has 1 heterocycles. The SMILES string of the molecule is C#CCN1CCC(NC(CC(C)C)C(=O)OC)CC1. The molecule has 4 heteroatoms. The summed E-state index contributed by atoms with van der Waals surface area (Å²) in [7, 11) is 1.45. The van der Waals surface area contributed by atoms with Gasteiger partial charge >= 0.3 is 5.97 Å². The Morgan fingerprint density at radius 3 is 2.58 bits per heavy atom. The van der Waals surface area contributed by atoms with E-state index in [0.717, 1.165) is 38.9 Å². The molecule has 0 aliphatic carbocycles. The lowest BCUT2D eigenvalue weighted by atomic mass is 9.99. The molecule has 0 radical (unpaired) electrons. The summed E-state index contributed by atoms with van der Waals surface area (Å²) in [5.74, 6) is 3.00. The first-order valence-corrected chi connectivity index (χ1v) is 7.06. The van der Waals surface area contributed by atoms with Crippen molar-refractivity contribution < 1.29 is 9.53 Å². The van der Waals surface area contributed by atoms with Gasteiger partial charge in [-0.05, 0) is 25.2 Å². The van der Waals surface area contributed by atoms with Crippen LogP contribution in [0.5, 0.6) is 0 Å². The Bertz CT molecular complexity index is 315. The van der Waals surface area contributed by atoms with Crippen LogP contribution in [0.25, 0.3) is 0 Å². The molecule has 0 aromatic rings. The van der Waals surface area contributed by atoms with Crippen molar-refractivity contribution in [3.63, 3.8) is 0 Å². The van der Waals surface area contributed by atoms with E-state index in [1.54, 1.807) is 0 Å². The molecule has 1 unspecified atom stereocenters. The fourth-order valence-electron chi connectivity index (χ4n) is 2.52. The second kappa shape index (κ2) is 8.19. The third kappa shape index (κ3) is 5.63. The Labute approximate surface area is 116 Å². The molecule has 1 rings (SSSR count). The van der Waals surface area contributed by atoms with Crippen LogP contribution in [0.1, 0.15) is 33.1 Å². The molecule has 0 bridgehead atoms. The third-order valence-corrected chi connectivity index (χ3v) is 3.53. The van der Waals surface area contributed by atoms with Gasteiger partial charge in [-0.15, -0.1) is 6.42 Å².